The second-order valence-electron chi connectivity index (χ2n) is 9.90. The number of amides is 1. The van der Waals surface area contributed by atoms with Crippen molar-refractivity contribution in [2.24, 2.45) is 11.8 Å². The van der Waals surface area contributed by atoms with Crippen molar-refractivity contribution in [3.05, 3.63) is 0 Å². The van der Waals surface area contributed by atoms with E-state index in [1.165, 1.54) is 0 Å². The van der Waals surface area contributed by atoms with E-state index in [1.807, 2.05) is 0 Å². The highest BCUT2D eigenvalue weighted by Gasteiger charge is 2.38. The van der Waals surface area contributed by atoms with Crippen molar-refractivity contribution in [3.63, 3.8) is 0 Å². The largest absolute Gasteiger partial charge is 0.390 e. The zero-order valence-corrected chi connectivity index (χ0v) is 19.5. The van der Waals surface area contributed by atoms with Gasteiger partial charge in [-0.05, 0) is 64.2 Å². The van der Waals surface area contributed by atoms with E-state index in [-0.39, 0.29) is 30.5 Å². The second-order valence-corrected chi connectivity index (χ2v) is 11.7. The van der Waals surface area contributed by atoms with Crippen LogP contribution < -0.4 is 4.72 Å². The fourth-order valence-corrected chi connectivity index (χ4v) is 5.44. The van der Waals surface area contributed by atoms with Crippen LogP contribution in [0.5, 0.6) is 0 Å². The molecule has 2 fully saturated rings. The summed E-state index contributed by atoms with van der Waals surface area (Å²) in [6, 6.07) is -0.715. The van der Waals surface area contributed by atoms with Gasteiger partial charge in [-0.25, -0.2) is 13.1 Å². The lowest BCUT2D eigenvalue weighted by molar-refractivity contribution is -0.142. The second kappa shape index (κ2) is 10.1. The lowest BCUT2D eigenvalue weighted by atomic mass is 9.80. The van der Waals surface area contributed by atoms with E-state index >= 15 is 0 Å². The van der Waals surface area contributed by atoms with Crippen molar-refractivity contribution in [1.29, 1.82) is 0 Å². The van der Waals surface area contributed by atoms with Crippen LogP contribution in [0.3, 0.4) is 0 Å². The lowest BCUT2D eigenvalue weighted by Gasteiger charge is -2.42. The molecule has 0 radical (unpaired) electrons. The van der Waals surface area contributed by atoms with Gasteiger partial charge in [-0.3, -0.25) is 4.79 Å². The van der Waals surface area contributed by atoms with Gasteiger partial charge in [-0.1, -0.05) is 13.8 Å². The molecular formula is C21H40N2O5S. The van der Waals surface area contributed by atoms with Gasteiger partial charge in [0.25, 0.3) is 0 Å². The Morgan fingerprint density at radius 3 is 2.34 bits per heavy atom. The van der Waals surface area contributed by atoms with Gasteiger partial charge >= 0.3 is 0 Å². The summed E-state index contributed by atoms with van der Waals surface area (Å²) in [4.78, 5) is 14.5. The summed E-state index contributed by atoms with van der Waals surface area (Å²) in [6.07, 6.45) is 7.04. The third kappa shape index (κ3) is 8.15. The Bertz CT molecular complexity index is 636. The molecule has 7 nitrogen and oxygen atoms in total. The lowest BCUT2D eigenvalue weighted by Crippen LogP contribution is -2.59. The summed E-state index contributed by atoms with van der Waals surface area (Å²) in [7, 11) is -3.39. The van der Waals surface area contributed by atoms with Gasteiger partial charge in [0.2, 0.25) is 15.9 Å². The van der Waals surface area contributed by atoms with Crippen LogP contribution in [0.2, 0.25) is 0 Å². The van der Waals surface area contributed by atoms with Gasteiger partial charge in [-0.2, -0.15) is 0 Å². The van der Waals surface area contributed by atoms with Crippen molar-refractivity contribution in [3.8, 4) is 0 Å². The summed E-state index contributed by atoms with van der Waals surface area (Å²) in [6.45, 7) is 8.63. The minimum atomic E-state index is -3.39. The number of carbonyl (C=O) groups is 1. The first-order chi connectivity index (χ1) is 13.4. The summed E-state index contributed by atoms with van der Waals surface area (Å²) < 4.78 is 32.6. The van der Waals surface area contributed by atoms with E-state index in [4.69, 9.17) is 4.74 Å². The van der Waals surface area contributed by atoms with Crippen LogP contribution in [0.15, 0.2) is 0 Å². The number of likely N-dealkylation sites (tertiary alicyclic amines) is 1. The minimum Gasteiger partial charge on any atom is -0.390 e. The molecule has 2 N–H and O–H groups in total. The van der Waals surface area contributed by atoms with Gasteiger partial charge in [0.1, 0.15) is 0 Å². The molecule has 29 heavy (non-hydrogen) atoms. The van der Waals surface area contributed by atoms with E-state index in [9.17, 15) is 18.3 Å². The maximum absolute atomic E-state index is 12.8. The summed E-state index contributed by atoms with van der Waals surface area (Å²) in [5, 5.41) is 10.1. The number of hydrogen-bond acceptors (Lipinski definition) is 5. The molecule has 8 heteroatoms. The van der Waals surface area contributed by atoms with E-state index in [0.29, 0.717) is 25.5 Å². The smallest absolute Gasteiger partial charge is 0.225 e. The van der Waals surface area contributed by atoms with Crippen LogP contribution in [-0.4, -0.2) is 67.5 Å². The highest BCUT2D eigenvalue weighted by molar-refractivity contribution is 7.88. The molecule has 0 unspecified atom stereocenters. The molecule has 0 spiro atoms. The van der Waals surface area contributed by atoms with Crippen LogP contribution in [0.25, 0.3) is 0 Å². The third-order valence-corrected chi connectivity index (χ3v) is 6.94. The highest BCUT2D eigenvalue weighted by Crippen LogP contribution is 2.32. The van der Waals surface area contributed by atoms with Crippen molar-refractivity contribution in [2.45, 2.75) is 96.4 Å². The molecular weight excluding hydrogens is 392 g/mol. The van der Waals surface area contributed by atoms with Crippen LogP contribution in [-0.2, 0) is 19.6 Å². The monoisotopic (exact) mass is 432 g/mol. The van der Waals surface area contributed by atoms with Crippen molar-refractivity contribution >= 4 is 15.9 Å². The fraction of sp³-hybridized carbons (Fsp3) is 0.952. The van der Waals surface area contributed by atoms with Gasteiger partial charge in [0.15, 0.2) is 0 Å². The molecule has 1 amide bonds. The number of ether oxygens (including phenoxy) is 1. The summed E-state index contributed by atoms with van der Waals surface area (Å²) in [5.74, 6) is 1.27. The van der Waals surface area contributed by atoms with Crippen molar-refractivity contribution in [2.75, 3.05) is 19.4 Å². The Morgan fingerprint density at radius 2 is 1.83 bits per heavy atom. The van der Waals surface area contributed by atoms with Gasteiger partial charge in [0.05, 0.1) is 37.0 Å². The molecule has 0 aromatic carbocycles. The number of aliphatic hydroxyl groups is 1. The number of hydrogen-bond donors (Lipinski definition) is 2. The first-order valence-corrected chi connectivity index (χ1v) is 12.9. The highest BCUT2D eigenvalue weighted by atomic mass is 32.2. The van der Waals surface area contributed by atoms with Crippen molar-refractivity contribution in [1.82, 2.24) is 9.62 Å². The fourth-order valence-electron chi connectivity index (χ4n) is 4.61. The Morgan fingerprint density at radius 1 is 1.21 bits per heavy atom. The van der Waals surface area contributed by atoms with Gasteiger partial charge in [0, 0.05) is 12.6 Å². The predicted molar refractivity (Wildman–Crippen MR) is 114 cm³/mol. The van der Waals surface area contributed by atoms with Crippen LogP contribution in [0, 0.1) is 11.8 Å². The average Bonchev–Trinajstić information content (AvgIpc) is 2.58. The first-order valence-electron chi connectivity index (χ1n) is 11.0. The van der Waals surface area contributed by atoms with Crippen molar-refractivity contribution < 1.29 is 23.1 Å². The maximum atomic E-state index is 12.8. The molecule has 2 aliphatic rings. The molecule has 170 valence electrons. The van der Waals surface area contributed by atoms with Gasteiger partial charge in [-0.15, -0.1) is 0 Å². The molecule has 1 aliphatic heterocycles. The Balaban J connectivity index is 2.05. The maximum Gasteiger partial charge on any atom is 0.225 e. The van der Waals surface area contributed by atoms with E-state index in [2.05, 4.69) is 18.6 Å². The van der Waals surface area contributed by atoms with E-state index < -0.39 is 15.6 Å². The van der Waals surface area contributed by atoms with Crippen LogP contribution >= 0.6 is 0 Å². The zero-order valence-electron chi connectivity index (χ0n) is 18.7. The Kier molecular flexibility index (Phi) is 8.53. The molecule has 0 aromatic rings. The average molecular weight is 433 g/mol. The summed E-state index contributed by atoms with van der Waals surface area (Å²) in [5.41, 5.74) is -1.10. The Hall–Kier alpha value is -0.700. The normalized spacial score (nSPS) is 29.3. The van der Waals surface area contributed by atoms with Crippen LogP contribution in [0.1, 0.15) is 72.6 Å². The molecule has 2 rings (SSSR count). The number of piperidine rings is 1. The number of rotatable bonds is 8. The van der Waals surface area contributed by atoms with E-state index in [1.54, 1.807) is 18.7 Å². The van der Waals surface area contributed by atoms with Gasteiger partial charge < -0.3 is 14.7 Å². The molecule has 1 heterocycles. The molecule has 0 aromatic heterocycles. The number of carbonyl (C=O) groups excluding carboxylic acids is 1. The SMILES string of the molecule is CC(C)[C@H]1CC[C@@H](OC[C@H]2[C@@H](NS(C)(=O)=O)CCCN2C(=O)CC(C)(C)O)CC1. The molecule has 1 aliphatic carbocycles. The third-order valence-electron chi connectivity index (χ3n) is 6.21. The topological polar surface area (TPSA) is 95.9 Å². The van der Waals surface area contributed by atoms with E-state index in [0.717, 1.165) is 44.3 Å². The molecule has 2 atom stereocenters. The Labute approximate surface area is 176 Å². The van der Waals surface area contributed by atoms with Crippen LogP contribution in [0.4, 0.5) is 0 Å². The molecule has 1 saturated heterocycles. The predicted octanol–water partition coefficient (Wildman–Crippen LogP) is 2.29. The molecule has 0 bridgehead atoms. The number of nitrogens with one attached hydrogen (secondary N) is 1. The number of sulfonamides is 1. The summed E-state index contributed by atoms with van der Waals surface area (Å²) >= 11 is 0. The molecule has 1 saturated carbocycles. The number of nitrogens with zero attached hydrogens (tertiary/aromatic N) is 1. The standard InChI is InChI=1S/C21H40N2O5S/c1-15(2)16-8-10-17(11-9-16)28-14-19-18(22-29(5,26)27)7-6-12-23(19)20(24)13-21(3,4)25/h15-19,22,25H,6-14H2,1-5H3/t16-,17+,18-,19-/m0/s1. The minimum absolute atomic E-state index is 0.00852. The first kappa shape index (κ1) is 24.6. The quantitative estimate of drug-likeness (QED) is 0.613. The zero-order chi connectivity index (χ0) is 21.8.